The van der Waals surface area contributed by atoms with Crippen molar-refractivity contribution < 1.29 is 19.4 Å². The molecule has 1 aliphatic carbocycles. The van der Waals surface area contributed by atoms with Gasteiger partial charge in [0.15, 0.2) is 0 Å². The molecular weight excluding hydrogens is 222 g/mol. The summed E-state index contributed by atoms with van der Waals surface area (Å²) in [6, 6.07) is 0.0750. The maximum atomic E-state index is 11.8. The molecule has 1 saturated heterocycles. The van der Waals surface area contributed by atoms with E-state index in [4.69, 9.17) is 9.84 Å². The van der Waals surface area contributed by atoms with E-state index in [2.05, 4.69) is 0 Å². The summed E-state index contributed by atoms with van der Waals surface area (Å²) < 4.78 is 5.29. The normalized spacial score (nSPS) is 31.7. The van der Waals surface area contributed by atoms with Gasteiger partial charge >= 0.3 is 12.1 Å². The minimum Gasteiger partial charge on any atom is -0.481 e. The summed E-state index contributed by atoms with van der Waals surface area (Å²) in [6.45, 7) is 6.02. The molecule has 0 radical (unpaired) electrons. The predicted octanol–water partition coefficient (Wildman–Crippen LogP) is 1.72. The Morgan fingerprint density at radius 3 is 2.47 bits per heavy atom. The highest BCUT2D eigenvalue weighted by atomic mass is 16.6. The lowest BCUT2D eigenvalue weighted by atomic mass is 9.86. The van der Waals surface area contributed by atoms with Crippen molar-refractivity contribution in [1.29, 1.82) is 0 Å². The third-order valence-corrected chi connectivity index (χ3v) is 3.54. The molecule has 3 atom stereocenters. The second kappa shape index (κ2) is 3.89. The highest BCUT2D eigenvalue weighted by Crippen LogP contribution is 2.43. The van der Waals surface area contributed by atoms with E-state index in [9.17, 15) is 9.59 Å². The summed E-state index contributed by atoms with van der Waals surface area (Å²) in [7, 11) is 0. The molecule has 1 amide bonds. The molecule has 2 aliphatic rings. The first-order valence-corrected chi connectivity index (χ1v) is 6.02. The number of carboxylic acid groups (broad SMARTS) is 1. The maximum absolute atomic E-state index is 11.8. The smallest absolute Gasteiger partial charge is 0.410 e. The van der Waals surface area contributed by atoms with Crippen molar-refractivity contribution in [2.75, 3.05) is 6.54 Å². The Morgan fingerprint density at radius 1 is 1.29 bits per heavy atom. The van der Waals surface area contributed by atoms with Gasteiger partial charge in [-0.25, -0.2) is 4.79 Å². The zero-order chi connectivity index (χ0) is 12.8. The predicted molar refractivity (Wildman–Crippen MR) is 60.6 cm³/mol. The first-order valence-electron chi connectivity index (χ1n) is 6.02. The van der Waals surface area contributed by atoms with Crippen LogP contribution in [0.15, 0.2) is 0 Å². The van der Waals surface area contributed by atoms with Crippen LogP contribution in [0.5, 0.6) is 0 Å². The number of aliphatic carboxylic acids is 1. The van der Waals surface area contributed by atoms with Gasteiger partial charge in [-0.2, -0.15) is 0 Å². The van der Waals surface area contributed by atoms with Gasteiger partial charge in [-0.3, -0.25) is 4.79 Å². The van der Waals surface area contributed by atoms with Crippen LogP contribution in [0.25, 0.3) is 0 Å². The molecule has 1 aliphatic heterocycles. The molecule has 96 valence electrons. The molecule has 3 unspecified atom stereocenters. The van der Waals surface area contributed by atoms with Crippen molar-refractivity contribution in [3.63, 3.8) is 0 Å². The summed E-state index contributed by atoms with van der Waals surface area (Å²) in [5.41, 5.74) is -0.493. The average molecular weight is 241 g/mol. The van der Waals surface area contributed by atoms with Crippen LogP contribution >= 0.6 is 0 Å². The van der Waals surface area contributed by atoms with Gasteiger partial charge in [-0.1, -0.05) is 0 Å². The minimum absolute atomic E-state index is 0.0750. The quantitative estimate of drug-likeness (QED) is 0.759. The molecule has 1 N–H and O–H groups in total. The molecule has 0 aromatic carbocycles. The topological polar surface area (TPSA) is 66.8 Å². The third kappa shape index (κ3) is 2.23. The lowest BCUT2D eigenvalue weighted by Gasteiger charge is -2.45. The highest BCUT2D eigenvalue weighted by molar-refractivity contribution is 5.74. The summed E-state index contributed by atoms with van der Waals surface area (Å²) in [6.07, 6.45) is 1.13. The van der Waals surface area contributed by atoms with E-state index in [0.29, 0.717) is 13.0 Å². The van der Waals surface area contributed by atoms with Crippen molar-refractivity contribution in [3.05, 3.63) is 0 Å². The van der Waals surface area contributed by atoms with E-state index in [-0.39, 0.29) is 24.0 Å². The Hall–Kier alpha value is -1.26. The van der Waals surface area contributed by atoms with Crippen molar-refractivity contribution in [3.8, 4) is 0 Å². The van der Waals surface area contributed by atoms with Crippen molar-refractivity contribution >= 4 is 12.1 Å². The van der Waals surface area contributed by atoms with Crippen LogP contribution < -0.4 is 0 Å². The molecular formula is C12H19NO4. The van der Waals surface area contributed by atoms with Gasteiger partial charge in [-0.15, -0.1) is 0 Å². The van der Waals surface area contributed by atoms with E-state index in [0.717, 1.165) is 6.42 Å². The Balaban J connectivity index is 1.93. The lowest BCUT2D eigenvalue weighted by molar-refractivity contribution is -0.145. The Morgan fingerprint density at radius 2 is 1.94 bits per heavy atom. The molecule has 1 heterocycles. The second-order valence-corrected chi connectivity index (χ2v) is 5.89. The lowest BCUT2D eigenvalue weighted by Crippen LogP contribution is -2.59. The number of fused-ring (bicyclic) bond motifs is 1. The maximum Gasteiger partial charge on any atom is 0.410 e. The summed E-state index contributed by atoms with van der Waals surface area (Å²) in [4.78, 5) is 24.4. The number of carbonyl (C=O) groups is 2. The zero-order valence-corrected chi connectivity index (χ0v) is 10.5. The number of hydrogen-bond donors (Lipinski definition) is 1. The SMILES string of the molecule is CC(C)(C)OC(=O)N1CC2C(C(=O)O)CCC21. The molecule has 1 saturated carbocycles. The number of carbonyl (C=O) groups excluding carboxylic acids is 1. The van der Waals surface area contributed by atoms with Gasteiger partial charge in [0.2, 0.25) is 0 Å². The van der Waals surface area contributed by atoms with Crippen LogP contribution in [-0.4, -0.2) is 40.3 Å². The number of likely N-dealkylation sites (tertiary alicyclic amines) is 1. The molecule has 2 fully saturated rings. The van der Waals surface area contributed by atoms with Gasteiger partial charge in [0.25, 0.3) is 0 Å². The number of carboxylic acids is 1. The van der Waals surface area contributed by atoms with Crippen LogP contribution in [0.1, 0.15) is 33.6 Å². The fourth-order valence-electron chi connectivity index (χ4n) is 2.74. The first kappa shape index (κ1) is 12.2. The number of nitrogens with zero attached hydrogens (tertiary/aromatic N) is 1. The molecule has 0 aromatic heterocycles. The molecule has 5 heteroatoms. The number of rotatable bonds is 1. The monoisotopic (exact) mass is 241 g/mol. The molecule has 5 nitrogen and oxygen atoms in total. The van der Waals surface area contributed by atoms with Gasteiger partial charge in [0.1, 0.15) is 5.60 Å². The van der Waals surface area contributed by atoms with Crippen LogP contribution in [0.3, 0.4) is 0 Å². The van der Waals surface area contributed by atoms with E-state index >= 15 is 0 Å². The molecule has 2 rings (SSSR count). The molecule has 17 heavy (non-hydrogen) atoms. The average Bonchev–Trinajstić information content (AvgIpc) is 2.39. The van der Waals surface area contributed by atoms with Crippen LogP contribution in [0.2, 0.25) is 0 Å². The van der Waals surface area contributed by atoms with Crippen molar-refractivity contribution in [2.24, 2.45) is 11.8 Å². The van der Waals surface area contributed by atoms with Gasteiger partial charge in [0, 0.05) is 18.5 Å². The van der Waals surface area contributed by atoms with Crippen molar-refractivity contribution in [2.45, 2.75) is 45.3 Å². The summed E-state index contributed by atoms with van der Waals surface area (Å²) in [5.74, 6) is -0.889. The molecule has 0 spiro atoms. The Bertz CT molecular complexity index is 347. The van der Waals surface area contributed by atoms with E-state index in [1.165, 1.54) is 0 Å². The number of amides is 1. The highest BCUT2D eigenvalue weighted by Gasteiger charge is 2.53. The number of ether oxygens (including phenoxy) is 1. The van der Waals surface area contributed by atoms with Crippen molar-refractivity contribution in [1.82, 2.24) is 4.90 Å². The fraction of sp³-hybridized carbons (Fsp3) is 0.833. The van der Waals surface area contributed by atoms with Gasteiger partial charge < -0.3 is 14.7 Å². The van der Waals surface area contributed by atoms with E-state index in [1.807, 2.05) is 20.8 Å². The Labute approximate surface area is 101 Å². The molecule has 0 bridgehead atoms. The van der Waals surface area contributed by atoms with Crippen LogP contribution in [0, 0.1) is 11.8 Å². The zero-order valence-electron chi connectivity index (χ0n) is 10.5. The first-order chi connectivity index (χ1) is 7.79. The Kier molecular flexibility index (Phi) is 2.79. The largest absolute Gasteiger partial charge is 0.481 e. The van der Waals surface area contributed by atoms with E-state index in [1.54, 1.807) is 4.90 Å². The molecule has 0 aromatic rings. The van der Waals surface area contributed by atoms with Crippen LogP contribution in [0.4, 0.5) is 4.79 Å². The fourth-order valence-corrected chi connectivity index (χ4v) is 2.74. The van der Waals surface area contributed by atoms with Gasteiger partial charge in [-0.05, 0) is 33.6 Å². The van der Waals surface area contributed by atoms with Gasteiger partial charge in [0.05, 0.1) is 5.92 Å². The number of hydrogen-bond acceptors (Lipinski definition) is 3. The second-order valence-electron chi connectivity index (χ2n) is 5.89. The summed E-state index contributed by atoms with van der Waals surface area (Å²) in [5, 5.41) is 9.01. The standard InChI is InChI=1S/C12H19NO4/c1-12(2,3)17-11(16)13-6-8-7(10(14)15)4-5-9(8)13/h7-9H,4-6H2,1-3H3,(H,14,15). The van der Waals surface area contributed by atoms with E-state index < -0.39 is 11.6 Å². The van der Waals surface area contributed by atoms with Crippen LogP contribution in [-0.2, 0) is 9.53 Å². The third-order valence-electron chi connectivity index (χ3n) is 3.54. The minimum atomic E-state index is -0.735. The summed E-state index contributed by atoms with van der Waals surface area (Å²) >= 11 is 0.